The van der Waals surface area contributed by atoms with Crippen LogP contribution in [0.5, 0.6) is 0 Å². The fourth-order valence-corrected chi connectivity index (χ4v) is 5.44. The van der Waals surface area contributed by atoms with Crippen LogP contribution >= 0.6 is 34.4 Å². The summed E-state index contributed by atoms with van der Waals surface area (Å²) in [5.74, 6) is 0. The van der Waals surface area contributed by atoms with E-state index in [-0.39, 0.29) is 13.5 Å². The Morgan fingerprint density at radius 3 is 2.50 bits per heavy atom. The van der Waals surface area contributed by atoms with Crippen molar-refractivity contribution >= 4 is 43.1 Å². The summed E-state index contributed by atoms with van der Waals surface area (Å²) in [5, 5.41) is 0. The normalized spacial score (nSPS) is 11.6. The molecule has 0 aliphatic rings. The van der Waals surface area contributed by atoms with Crippen LogP contribution in [0.2, 0.25) is 6.04 Å². The first-order chi connectivity index (χ1) is 5.79. The summed E-state index contributed by atoms with van der Waals surface area (Å²) in [5.41, 5.74) is 0. The van der Waals surface area contributed by atoms with Crippen molar-refractivity contribution in [3.63, 3.8) is 0 Å². The maximum absolute atomic E-state index is 5.63. The molecule has 0 aliphatic carbocycles. The number of hydrogen-bond donors (Lipinski definition) is 0. The zero-order chi connectivity index (χ0) is 8.81. The van der Waals surface area contributed by atoms with Crippen LogP contribution in [0.15, 0.2) is 35.2 Å². The van der Waals surface area contributed by atoms with E-state index in [0.29, 0.717) is 0 Å². The second kappa shape index (κ2) is 5.92. The lowest BCUT2D eigenvalue weighted by Gasteiger charge is -2.00. The molecule has 0 N–H and O–H groups in total. The molecule has 0 bridgehead atoms. The van der Waals surface area contributed by atoms with Gasteiger partial charge in [0.15, 0.2) is 0 Å². The van der Waals surface area contributed by atoms with Gasteiger partial charge in [0.1, 0.15) is 4.84 Å². The molecule has 0 aliphatic heterocycles. The molecule has 0 atom stereocenters. The molecular weight excluding hydrogens is 227 g/mol. The van der Waals surface area contributed by atoms with Crippen LogP contribution in [0, 0.1) is 0 Å². The van der Waals surface area contributed by atoms with E-state index in [0.717, 1.165) is 6.04 Å². The fourth-order valence-electron chi connectivity index (χ4n) is 0.783. The van der Waals surface area contributed by atoms with E-state index in [1.54, 1.807) is 0 Å². The third kappa shape index (κ3) is 4.41. The third-order valence-electron chi connectivity index (χ3n) is 1.35. The van der Waals surface area contributed by atoms with E-state index in [1.165, 1.54) is 4.90 Å². The molecule has 1 rings (SSSR count). The number of alkyl halides is 2. The standard InChI is InChI=1S/C8H10Cl2SSi/c9-8(10)6-12-11-7-4-2-1-3-5-7/h1-5,8H,6,12H2. The monoisotopic (exact) mass is 236 g/mol. The molecule has 0 nitrogen and oxygen atoms in total. The highest BCUT2D eigenvalue weighted by atomic mass is 35.5. The van der Waals surface area contributed by atoms with E-state index in [2.05, 4.69) is 24.3 Å². The van der Waals surface area contributed by atoms with Crippen molar-refractivity contribution in [2.75, 3.05) is 0 Å². The molecular formula is C8H10Cl2SSi. The summed E-state index contributed by atoms with van der Waals surface area (Å²) < 4.78 is 0. The lowest BCUT2D eigenvalue weighted by atomic mass is 10.4. The van der Waals surface area contributed by atoms with Gasteiger partial charge in [-0.2, -0.15) is 11.2 Å². The Balaban J connectivity index is 2.25. The molecule has 1 aromatic rings. The van der Waals surface area contributed by atoms with Gasteiger partial charge in [-0.15, -0.1) is 23.2 Å². The van der Waals surface area contributed by atoms with Gasteiger partial charge >= 0.3 is 0 Å². The van der Waals surface area contributed by atoms with Crippen LogP contribution in [0.25, 0.3) is 0 Å². The highest BCUT2D eigenvalue weighted by Crippen LogP contribution is 2.19. The molecule has 0 unspecified atom stereocenters. The van der Waals surface area contributed by atoms with Gasteiger partial charge in [0.2, 0.25) is 0 Å². The van der Waals surface area contributed by atoms with Gasteiger partial charge in [-0.1, -0.05) is 18.2 Å². The van der Waals surface area contributed by atoms with Crippen molar-refractivity contribution < 1.29 is 0 Å². The molecule has 12 heavy (non-hydrogen) atoms. The van der Waals surface area contributed by atoms with Gasteiger partial charge in [-0.05, 0) is 18.2 Å². The molecule has 0 saturated heterocycles. The van der Waals surface area contributed by atoms with Crippen LogP contribution < -0.4 is 0 Å². The van der Waals surface area contributed by atoms with Gasteiger partial charge in [0.05, 0.1) is 8.67 Å². The smallest absolute Gasteiger partial charge is 0.105 e. The second-order valence-corrected chi connectivity index (χ2v) is 7.45. The number of benzene rings is 1. The summed E-state index contributed by atoms with van der Waals surface area (Å²) in [6.07, 6.45) is 0. The first-order valence-corrected chi connectivity index (χ1v) is 8.34. The van der Waals surface area contributed by atoms with Gasteiger partial charge < -0.3 is 0 Å². The van der Waals surface area contributed by atoms with Crippen molar-refractivity contribution in [3.05, 3.63) is 30.3 Å². The quantitative estimate of drug-likeness (QED) is 0.573. The molecule has 0 heterocycles. The van der Waals surface area contributed by atoms with Gasteiger partial charge in [-0.25, -0.2) is 0 Å². The average Bonchev–Trinajstić information content (AvgIpc) is 2.05. The Bertz CT molecular complexity index is 216. The first kappa shape index (κ1) is 10.4. The predicted octanol–water partition coefficient (Wildman–Crippen LogP) is 3.08. The van der Waals surface area contributed by atoms with Crippen LogP contribution in [0.3, 0.4) is 0 Å². The molecule has 1 aromatic carbocycles. The van der Waals surface area contributed by atoms with Crippen molar-refractivity contribution in [1.29, 1.82) is 0 Å². The van der Waals surface area contributed by atoms with E-state index >= 15 is 0 Å². The van der Waals surface area contributed by atoms with Gasteiger partial charge in [0, 0.05) is 4.90 Å². The maximum atomic E-state index is 5.63. The Morgan fingerprint density at radius 1 is 1.25 bits per heavy atom. The van der Waals surface area contributed by atoms with E-state index in [9.17, 15) is 0 Å². The summed E-state index contributed by atoms with van der Waals surface area (Å²) >= 11 is 13.2. The summed E-state index contributed by atoms with van der Waals surface area (Å²) in [6, 6.07) is 11.3. The van der Waals surface area contributed by atoms with Crippen LogP contribution in [0.1, 0.15) is 0 Å². The minimum Gasteiger partial charge on any atom is -0.159 e. The Kier molecular flexibility index (Phi) is 5.15. The summed E-state index contributed by atoms with van der Waals surface area (Å²) in [6.45, 7) is 0. The minimum absolute atomic E-state index is 0.173. The summed E-state index contributed by atoms with van der Waals surface area (Å²) in [4.78, 5) is 1.16. The topological polar surface area (TPSA) is 0 Å². The van der Waals surface area contributed by atoms with E-state index in [1.807, 2.05) is 17.3 Å². The van der Waals surface area contributed by atoms with Crippen molar-refractivity contribution in [1.82, 2.24) is 0 Å². The molecule has 0 fully saturated rings. The molecule has 0 spiro atoms. The molecule has 0 amide bonds. The van der Waals surface area contributed by atoms with Crippen molar-refractivity contribution in [2.24, 2.45) is 0 Å². The molecule has 66 valence electrons. The lowest BCUT2D eigenvalue weighted by molar-refractivity contribution is 1.37. The Morgan fingerprint density at radius 2 is 1.92 bits per heavy atom. The molecule has 0 saturated carbocycles. The Hall–Kier alpha value is 0.367. The third-order valence-corrected chi connectivity index (χ3v) is 6.46. The van der Waals surface area contributed by atoms with Gasteiger partial charge in [-0.3, -0.25) is 0 Å². The minimum atomic E-state index is -0.182. The molecule has 0 radical (unpaired) electrons. The van der Waals surface area contributed by atoms with Crippen molar-refractivity contribution in [2.45, 2.75) is 15.8 Å². The first-order valence-electron chi connectivity index (χ1n) is 3.75. The van der Waals surface area contributed by atoms with Crippen molar-refractivity contribution in [3.8, 4) is 0 Å². The second-order valence-electron chi connectivity index (χ2n) is 2.34. The molecule has 0 aromatic heterocycles. The summed E-state index contributed by atoms with van der Waals surface area (Å²) in [7, 11) is -0.182. The maximum Gasteiger partial charge on any atom is 0.105 e. The van der Waals surface area contributed by atoms with E-state index < -0.39 is 0 Å². The van der Waals surface area contributed by atoms with Crippen LogP contribution in [-0.2, 0) is 0 Å². The SMILES string of the molecule is ClC(Cl)C[SiH2]Sc1ccccc1. The highest BCUT2D eigenvalue weighted by molar-refractivity contribution is 8.22. The molecule has 4 heteroatoms. The zero-order valence-corrected chi connectivity index (χ0v) is 10.3. The highest BCUT2D eigenvalue weighted by Gasteiger charge is 1.99. The largest absolute Gasteiger partial charge is 0.159 e. The number of halogens is 2. The number of hydrogen-bond acceptors (Lipinski definition) is 1. The van der Waals surface area contributed by atoms with Crippen LogP contribution in [0.4, 0.5) is 0 Å². The predicted molar refractivity (Wildman–Crippen MR) is 61.1 cm³/mol. The zero-order valence-electron chi connectivity index (χ0n) is 6.54. The number of rotatable bonds is 4. The van der Waals surface area contributed by atoms with Crippen LogP contribution in [-0.4, -0.2) is 13.5 Å². The fraction of sp³-hybridized carbons (Fsp3) is 0.250. The van der Waals surface area contributed by atoms with Gasteiger partial charge in [0.25, 0.3) is 0 Å². The van der Waals surface area contributed by atoms with E-state index in [4.69, 9.17) is 23.2 Å². The Labute approximate surface area is 89.1 Å². The average molecular weight is 237 g/mol. The lowest BCUT2D eigenvalue weighted by Crippen LogP contribution is -1.90.